The van der Waals surface area contributed by atoms with Crippen LogP contribution >= 0.6 is 0 Å². The number of aryl methyl sites for hydroxylation is 2. The van der Waals surface area contributed by atoms with Crippen LogP contribution in [0.4, 0.5) is 0 Å². The van der Waals surface area contributed by atoms with Crippen molar-refractivity contribution in [2.45, 2.75) is 45.1 Å². The predicted molar refractivity (Wildman–Crippen MR) is 168 cm³/mol. The molecule has 3 N–H and O–H groups in total. The Hall–Kier alpha value is -4.37. The molecule has 0 aliphatic carbocycles. The average molecular weight is 636 g/mol. The molecule has 1 aliphatic rings. The van der Waals surface area contributed by atoms with Gasteiger partial charge in [-0.3, -0.25) is 19.7 Å². The number of hydrogen-bond acceptors (Lipinski definition) is 9. The highest BCUT2D eigenvalue weighted by molar-refractivity contribution is 7.89. The molecule has 1 amide bonds. The number of piperazine rings is 1. The van der Waals surface area contributed by atoms with Crippen LogP contribution in [0, 0.1) is 6.92 Å². The summed E-state index contributed by atoms with van der Waals surface area (Å²) in [7, 11) is -3.85. The molecule has 2 aromatic carbocycles. The highest BCUT2D eigenvalue weighted by Gasteiger charge is 2.30. The lowest BCUT2D eigenvalue weighted by Crippen LogP contribution is -2.48. The maximum atomic E-state index is 13.8. The Morgan fingerprint density at radius 3 is 2.51 bits per heavy atom. The van der Waals surface area contributed by atoms with Gasteiger partial charge in [-0.25, -0.2) is 23.4 Å². The molecule has 0 atom stereocenters. The van der Waals surface area contributed by atoms with E-state index in [2.05, 4.69) is 20.0 Å². The van der Waals surface area contributed by atoms with E-state index < -0.39 is 15.9 Å². The van der Waals surface area contributed by atoms with Gasteiger partial charge in [-0.15, -0.1) is 5.10 Å². The smallest absolute Gasteiger partial charge is 0.277 e. The fourth-order valence-corrected chi connectivity index (χ4v) is 6.81. The normalized spacial score (nSPS) is 14.8. The Labute approximate surface area is 261 Å². The number of rotatable bonds is 11. The minimum absolute atomic E-state index is 0.0891. The van der Waals surface area contributed by atoms with Crippen LogP contribution in [0.25, 0.3) is 23.0 Å². The van der Waals surface area contributed by atoms with Crippen LogP contribution in [0.3, 0.4) is 0 Å². The summed E-state index contributed by atoms with van der Waals surface area (Å²) in [5, 5.41) is 13.3. The second-order valence-electron chi connectivity index (χ2n) is 10.7. The molecule has 45 heavy (non-hydrogen) atoms. The van der Waals surface area contributed by atoms with E-state index in [4.69, 9.17) is 9.94 Å². The third kappa shape index (κ3) is 6.99. The van der Waals surface area contributed by atoms with Gasteiger partial charge in [-0.2, -0.15) is 4.31 Å². The molecule has 0 spiro atoms. The molecule has 4 aromatic rings. The predicted octanol–water partition coefficient (Wildman–Crippen LogP) is 2.77. The number of ether oxygens (including phenoxy) is 1. The van der Waals surface area contributed by atoms with Gasteiger partial charge < -0.3 is 9.72 Å². The lowest BCUT2D eigenvalue weighted by molar-refractivity contribution is -0.124. The van der Waals surface area contributed by atoms with Gasteiger partial charge in [0.1, 0.15) is 11.6 Å². The van der Waals surface area contributed by atoms with E-state index in [9.17, 15) is 18.0 Å². The summed E-state index contributed by atoms with van der Waals surface area (Å²) in [6.45, 7) is 8.34. The summed E-state index contributed by atoms with van der Waals surface area (Å²) in [6.07, 6.45) is 4.29. The van der Waals surface area contributed by atoms with Crippen molar-refractivity contribution in [3.63, 3.8) is 0 Å². The number of fused-ring (bicyclic) bond motifs is 1. The first-order valence-electron chi connectivity index (χ1n) is 14.8. The number of carbonyl (C=O) groups is 1. The molecular formula is C31H37N7O6S. The fourth-order valence-electron chi connectivity index (χ4n) is 5.36. The van der Waals surface area contributed by atoms with E-state index in [1.807, 2.05) is 38.1 Å². The standard InChI is InChI=1S/C31H37N7O6S/c1-4-6-27-32-21(3)29-31(40)33-30(34-38(27)29)25-19-24(12-13-26(25)44-5-2)45(42,43)37-17-15-36(16-18-37)20-23-9-7-22(8-10-23)11-14-28(39)35-41/h7-14,19,41H,4-6,15-18,20H2,1-3H3,(H,35,39)(H,33,34,40). The summed E-state index contributed by atoms with van der Waals surface area (Å²) in [5.74, 6) is 0.672. The van der Waals surface area contributed by atoms with E-state index in [0.29, 0.717) is 74.1 Å². The summed E-state index contributed by atoms with van der Waals surface area (Å²) in [6, 6.07) is 12.3. The van der Waals surface area contributed by atoms with Crippen LogP contribution in [-0.4, -0.2) is 81.1 Å². The van der Waals surface area contributed by atoms with Gasteiger partial charge in [0.25, 0.3) is 11.5 Å². The number of benzene rings is 2. The molecule has 13 nitrogen and oxygen atoms in total. The zero-order valence-electron chi connectivity index (χ0n) is 25.5. The number of nitrogens with zero attached hydrogens (tertiary/aromatic N) is 5. The van der Waals surface area contributed by atoms with Gasteiger partial charge in [-0.1, -0.05) is 31.2 Å². The van der Waals surface area contributed by atoms with Gasteiger partial charge >= 0.3 is 0 Å². The molecule has 2 aromatic heterocycles. The number of hydrogen-bond donors (Lipinski definition) is 3. The van der Waals surface area contributed by atoms with Gasteiger partial charge in [0.2, 0.25) is 10.0 Å². The van der Waals surface area contributed by atoms with Crippen molar-refractivity contribution in [2.75, 3.05) is 32.8 Å². The molecule has 0 saturated carbocycles. The molecule has 5 rings (SSSR count). The molecule has 3 heterocycles. The number of carbonyl (C=O) groups excluding carboxylic acids is 1. The third-order valence-corrected chi connectivity index (χ3v) is 9.51. The number of amides is 1. The Bertz CT molecular complexity index is 1870. The van der Waals surface area contributed by atoms with Crippen molar-refractivity contribution in [3.8, 4) is 17.1 Å². The average Bonchev–Trinajstić information content (AvgIpc) is 3.36. The monoisotopic (exact) mass is 635 g/mol. The number of hydroxylamine groups is 1. The van der Waals surface area contributed by atoms with E-state index >= 15 is 0 Å². The van der Waals surface area contributed by atoms with Gasteiger partial charge in [0.05, 0.1) is 22.8 Å². The Morgan fingerprint density at radius 1 is 1.11 bits per heavy atom. The van der Waals surface area contributed by atoms with E-state index in [1.54, 1.807) is 29.1 Å². The second kappa shape index (κ2) is 13.7. The zero-order chi connectivity index (χ0) is 32.1. The first-order valence-corrected chi connectivity index (χ1v) is 16.3. The molecule has 0 radical (unpaired) electrons. The second-order valence-corrected chi connectivity index (χ2v) is 12.7. The number of nitrogens with one attached hydrogen (secondary N) is 2. The minimum Gasteiger partial charge on any atom is -0.493 e. The van der Waals surface area contributed by atoms with Crippen molar-refractivity contribution in [2.24, 2.45) is 0 Å². The molecule has 0 bridgehead atoms. The van der Waals surface area contributed by atoms with Crippen LogP contribution in [0.2, 0.25) is 0 Å². The molecule has 1 fully saturated rings. The third-order valence-electron chi connectivity index (χ3n) is 7.61. The maximum absolute atomic E-state index is 13.8. The van der Waals surface area contributed by atoms with Gasteiger partial charge in [0.15, 0.2) is 11.3 Å². The van der Waals surface area contributed by atoms with Gasteiger partial charge in [-0.05, 0) is 55.7 Å². The van der Waals surface area contributed by atoms with Crippen molar-refractivity contribution >= 4 is 27.5 Å². The van der Waals surface area contributed by atoms with Crippen molar-refractivity contribution in [1.29, 1.82) is 0 Å². The van der Waals surface area contributed by atoms with Crippen LogP contribution in [-0.2, 0) is 27.8 Å². The van der Waals surface area contributed by atoms with Crippen molar-refractivity contribution < 1.29 is 23.2 Å². The van der Waals surface area contributed by atoms with Crippen molar-refractivity contribution in [3.05, 3.63) is 81.5 Å². The van der Waals surface area contributed by atoms with Gasteiger partial charge in [0, 0.05) is 45.2 Å². The van der Waals surface area contributed by atoms with Crippen LogP contribution in [0.5, 0.6) is 5.75 Å². The molecule has 238 valence electrons. The molecular weight excluding hydrogens is 598 g/mol. The lowest BCUT2D eigenvalue weighted by Gasteiger charge is -2.34. The molecule has 1 aliphatic heterocycles. The number of sulfonamides is 1. The number of H-pyrrole nitrogens is 1. The minimum atomic E-state index is -3.85. The first kappa shape index (κ1) is 32.0. The van der Waals surface area contributed by atoms with E-state index in [1.165, 1.54) is 22.5 Å². The highest BCUT2D eigenvalue weighted by Crippen LogP contribution is 2.32. The first-order chi connectivity index (χ1) is 21.6. The zero-order valence-corrected chi connectivity index (χ0v) is 26.3. The Morgan fingerprint density at radius 2 is 1.84 bits per heavy atom. The molecule has 1 saturated heterocycles. The summed E-state index contributed by atoms with van der Waals surface area (Å²) in [4.78, 5) is 33.9. The summed E-state index contributed by atoms with van der Waals surface area (Å²) >= 11 is 0. The Kier molecular flexibility index (Phi) is 9.77. The fraction of sp³-hybridized carbons (Fsp3) is 0.355. The topological polar surface area (TPSA) is 162 Å². The Balaban J connectivity index is 1.34. The van der Waals surface area contributed by atoms with Crippen molar-refractivity contribution in [1.82, 2.24) is 34.3 Å². The van der Waals surface area contributed by atoms with Crippen LogP contribution < -0.4 is 15.8 Å². The van der Waals surface area contributed by atoms with Crippen LogP contribution in [0.1, 0.15) is 42.9 Å². The number of aromatic amines is 1. The maximum Gasteiger partial charge on any atom is 0.277 e. The summed E-state index contributed by atoms with van der Waals surface area (Å²) < 4.78 is 36.4. The molecule has 14 heteroatoms. The number of aromatic nitrogens is 4. The SMILES string of the molecule is CCCc1nc(C)c2c(=O)[nH]c(-c3cc(S(=O)(=O)N4CCN(Cc5ccc(C=CC(=O)NO)cc5)CC4)ccc3OCC)nn12. The number of imidazole rings is 1. The quantitative estimate of drug-likeness (QED) is 0.128. The van der Waals surface area contributed by atoms with E-state index in [0.717, 1.165) is 17.5 Å². The largest absolute Gasteiger partial charge is 0.493 e. The van der Waals surface area contributed by atoms with E-state index in [-0.39, 0.29) is 16.3 Å². The summed E-state index contributed by atoms with van der Waals surface area (Å²) in [5.41, 5.74) is 4.38. The lowest BCUT2D eigenvalue weighted by atomic mass is 10.1. The molecule has 0 unspecified atom stereocenters. The van der Waals surface area contributed by atoms with Crippen LogP contribution in [0.15, 0.2) is 58.2 Å². The highest BCUT2D eigenvalue weighted by atomic mass is 32.2.